The van der Waals surface area contributed by atoms with E-state index in [4.69, 9.17) is 10.8 Å². The van der Waals surface area contributed by atoms with Gasteiger partial charge in [-0.3, -0.25) is 14.4 Å². The van der Waals surface area contributed by atoms with Crippen LogP contribution in [0.25, 0.3) is 0 Å². The zero-order chi connectivity index (χ0) is 16.5. The molecule has 23 heavy (non-hydrogen) atoms. The van der Waals surface area contributed by atoms with E-state index < -0.39 is 17.9 Å². The molecule has 1 aromatic carbocycles. The van der Waals surface area contributed by atoms with Crippen molar-refractivity contribution in [2.45, 2.75) is 32.2 Å². The Morgan fingerprint density at radius 1 is 1.22 bits per heavy atom. The third-order valence-corrected chi connectivity index (χ3v) is 3.07. The van der Waals surface area contributed by atoms with E-state index in [-0.39, 0.29) is 31.3 Å². The van der Waals surface area contributed by atoms with E-state index in [1.54, 1.807) is 12.1 Å². The highest BCUT2D eigenvalue weighted by molar-refractivity contribution is 5.94. The maximum absolute atomic E-state index is 11.8. The maximum Gasteiger partial charge on any atom is 0.320 e. The minimum Gasteiger partial charge on any atom is -0.480 e. The van der Waals surface area contributed by atoms with Crippen molar-refractivity contribution < 1.29 is 19.5 Å². The van der Waals surface area contributed by atoms with Crippen molar-refractivity contribution in [1.82, 2.24) is 5.32 Å². The number of carboxylic acid groups (broad SMARTS) is 1. The normalized spacial score (nSPS) is 11.2. The van der Waals surface area contributed by atoms with Crippen molar-refractivity contribution in [3.63, 3.8) is 0 Å². The molecule has 0 saturated carbocycles. The highest BCUT2D eigenvalue weighted by atomic mass is 35.5. The van der Waals surface area contributed by atoms with Gasteiger partial charge < -0.3 is 21.5 Å². The molecule has 0 saturated heterocycles. The summed E-state index contributed by atoms with van der Waals surface area (Å²) in [5.41, 5.74) is 6.04. The highest BCUT2D eigenvalue weighted by Gasteiger charge is 2.15. The number of amides is 2. The predicted molar refractivity (Wildman–Crippen MR) is 89.8 cm³/mol. The van der Waals surface area contributed by atoms with E-state index >= 15 is 0 Å². The summed E-state index contributed by atoms with van der Waals surface area (Å²) >= 11 is 0. The molecule has 1 rings (SSSR count). The largest absolute Gasteiger partial charge is 0.480 e. The summed E-state index contributed by atoms with van der Waals surface area (Å²) in [7, 11) is 0. The Kier molecular flexibility index (Phi) is 9.60. The quantitative estimate of drug-likeness (QED) is 0.539. The summed E-state index contributed by atoms with van der Waals surface area (Å²) in [4.78, 5) is 33.6. The molecular weight excluding hydrogens is 322 g/mol. The van der Waals surface area contributed by atoms with E-state index in [9.17, 15) is 14.4 Å². The molecule has 128 valence electrons. The van der Waals surface area contributed by atoms with Gasteiger partial charge in [0.1, 0.15) is 6.04 Å². The van der Waals surface area contributed by atoms with Crippen molar-refractivity contribution in [1.29, 1.82) is 0 Å². The monoisotopic (exact) mass is 343 g/mol. The molecule has 1 aromatic rings. The van der Waals surface area contributed by atoms with Crippen LogP contribution in [0.4, 0.5) is 5.69 Å². The van der Waals surface area contributed by atoms with E-state index in [1.165, 1.54) is 12.1 Å². The lowest BCUT2D eigenvalue weighted by Gasteiger charge is -2.13. The Labute approximate surface area is 141 Å². The molecule has 0 fully saturated rings. The average Bonchev–Trinajstić information content (AvgIpc) is 2.46. The zero-order valence-electron chi connectivity index (χ0n) is 12.9. The fourth-order valence-corrected chi connectivity index (χ4v) is 1.90. The van der Waals surface area contributed by atoms with Crippen molar-refractivity contribution in [3.05, 3.63) is 29.8 Å². The van der Waals surface area contributed by atoms with Crippen LogP contribution in [0.2, 0.25) is 0 Å². The molecule has 0 aliphatic heterocycles. The molecule has 0 radical (unpaired) electrons. The van der Waals surface area contributed by atoms with Gasteiger partial charge in [-0.1, -0.05) is 13.3 Å². The molecule has 7 nitrogen and oxygen atoms in total. The van der Waals surface area contributed by atoms with Crippen LogP contribution in [0, 0.1) is 0 Å². The molecule has 0 bridgehead atoms. The van der Waals surface area contributed by atoms with E-state index in [0.717, 1.165) is 6.42 Å². The summed E-state index contributed by atoms with van der Waals surface area (Å²) in [5, 5.41) is 14.5. The van der Waals surface area contributed by atoms with Gasteiger partial charge in [0.05, 0.1) is 0 Å². The number of nitrogens with two attached hydrogens (primary N) is 1. The number of hydrogen-bond acceptors (Lipinski definition) is 4. The van der Waals surface area contributed by atoms with Crippen molar-refractivity contribution in [2.24, 2.45) is 5.73 Å². The fourth-order valence-electron chi connectivity index (χ4n) is 1.90. The molecule has 5 N–H and O–H groups in total. The van der Waals surface area contributed by atoms with Gasteiger partial charge in [0.15, 0.2) is 0 Å². The van der Waals surface area contributed by atoms with Gasteiger partial charge in [-0.15, -0.1) is 12.4 Å². The predicted octanol–water partition coefficient (Wildman–Crippen LogP) is 1.38. The Bertz CT molecular complexity index is 534. The second-order valence-corrected chi connectivity index (χ2v) is 4.87. The van der Waals surface area contributed by atoms with Crippen LogP contribution in [0.5, 0.6) is 0 Å². The van der Waals surface area contributed by atoms with Gasteiger partial charge in [0.2, 0.25) is 11.8 Å². The van der Waals surface area contributed by atoms with Crippen molar-refractivity contribution >= 4 is 35.9 Å². The summed E-state index contributed by atoms with van der Waals surface area (Å²) < 4.78 is 0. The lowest BCUT2D eigenvalue weighted by Crippen LogP contribution is -2.38. The van der Waals surface area contributed by atoms with Gasteiger partial charge in [-0.05, 0) is 30.7 Å². The maximum atomic E-state index is 11.8. The Balaban J connectivity index is 0.00000484. The van der Waals surface area contributed by atoms with Crippen LogP contribution in [0.15, 0.2) is 24.3 Å². The summed E-state index contributed by atoms with van der Waals surface area (Å²) in [6.45, 7) is 2.18. The molecule has 2 amide bonds. The smallest absolute Gasteiger partial charge is 0.320 e. The lowest BCUT2D eigenvalue weighted by atomic mass is 10.1. The molecule has 8 heteroatoms. The minimum absolute atomic E-state index is 0. The van der Waals surface area contributed by atoms with Crippen LogP contribution in [-0.2, 0) is 9.59 Å². The van der Waals surface area contributed by atoms with Crippen LogP contribution >= 0.6 is 12.4 Å². The SMILES string of the molecule is CCCC(NCCC(=O)Nc1ccc(C(N)=O)cc1)C(=O)O.Cl. The number of benzene rings is 1. The molecule has 1 atom stereocenters. The lowest BCUT2D eigenvalue weighted by molar-refractivity contribution is -0.139. The van der Waals surface area contributed by atoms with E-state index in [0.29, 0.717) is 17.7 Å². The van der Waals surface area contributed by atoms with Gasteiger partial charge in [-0.2, -0.15) is 0 Å². The fraction of sp³-hybridized carbons (Fsp3) is 0.400. The Hall–Kier alpha value is -2.12. The number of carboxylic acids is 1. The Morgan fingerprint density at radius 2 is 1.83 bits per heavy atom. The third kappa shape index (κ3) is 7.62. The number of anilines is 1. The summed E-state index contributed by atoms with van der Waals surface area (Å²) in [6, 6.07) is 5.59. The topological polar surface area (TPSA) is 122 Å². The standard InChI is InChI=1S/C15H21N3O4.ClH/c1-2-3-12(15(21)22)17-9-8-13(19)18-11-6-4-10(5-7-11)14(16)20;/h4-7,12,17H,2-3,8-9H2,1H3,(H2,16,20)(H,18,19)(H,21,22);1H. The number of hydrogen-bond donors (Lipinski definition) is 4. The second-order valence-electron chi connectivity index (χ2n) is 4.87. The Morgan fingerprint density at radius 3 is 2.30 bits per heavy atom. The zero-order valence-corrected chi connectivity index (χ0v) is 13.7. The number of primary amides is 1. The van der Waals surface area contributed by atoms with Crippen molar-refractivity contribution in [3.8, 4) is 0 Å². The number of nitrogens with one attached hydrogen (secondary N) is 2. The average molecular weight is 344 g/mol. The van der Waals surface area contributed by atoms with Gasteiger partial charge >= 0.3 is 5.97 Å². The van der Waals surface area contributed by atoms with Crippen LogP contribution in [0.3, 0.4) is 0 Å². The number of carbonyl (C=O) groups is 3. The van der Waals surface area contributed by atoms with E-state index in [1.807, 2.05) is 6.92 Å². The number of halogens is 1. The first kappa shape index (κ1) is 20.9. The molecule has 0 aromatic heterocycles. The second kappa shape index (κ2) is 10.6. The first-order valence-corrected chi connectivity index (χ1v) is 7.10. The first-order valence-electron chi connectivity index (χ1n) is 7.10. The summed E-state index contributed by atoms with van der Waals surface area (Å²) in [5.74, 6) is -1.68. The number of carbonyl (C=O) groups excluding carboxylic acids is 2. The number of aliphatic carboxylic acids is 1. The third-order valence-electron chi connectivity index (χ3n) is 3.07. The van der Waals surface area contributed by atoms with Gasteiger partial charge in [0, 0.05) is 24.2 Å². The van der Waals surface area contributed by atoms with Crippen LogP contribution < -0.4 is 16.4 Å². The number of rotatable bonds is 9. The van der Waals surface area contributed by atoms with Gasteiger partial charge in [-0.25, -0.2) is 0 Å². The van der Waals surface area contributed by atoms with E-state index in [2.05, 4.69) is 10.6 Å². The summed E-state index contributed by atoms with van der Waals surface area (Å²) in [6.07, 6.45) is 1.43. The van der Waals surface area contributed by atoms with Crippen molar-refractivity contribution in [2.75, 3.05) is 11.9 Å². The molecule has 0 aliphatic carbocycles. The highest BCUT2D eigenvalue weighted by Crippen LogP contribution is 2.09. The minimum atomic E-state index is -0.913. The molecule has 0 aliphatic rings. The molecule has 1 unspecified atom stereocenters. The van der Waals surface area contributed by atoms with Gasteiger partial charge in [0.25, 0.3) is 0 Å². The molecule has 0 heterocycles. The molecule has 0 spiro atoms. The van der Waals surface area contributed by atoms with Crippen LogP contribution in [0.1, 0.15) is 36.5 Å². The van der Waals surface area contributed by atoms with Crippen LogP contribution in [-0.4, -0.2) is 35.5 Å². The molecular formula is C15H22ClN3O4. The first-order chi connectivity index (χ1) is 10.4.